The highest BCUT2D eigenvalue weighted by Gasteiger charge is 2.18. The summed E-state index contributed by atoms with van der Waals surface area (Å²) in [5.74, 6) is -0.196. The van der Waals surface area contributed by atoms with Gasteiger partial charge in [0.2, 0.25) is 5.91 Å². The van der Waals surface area contributed by atoms with E-state index in [-0.39, 0.29) is 5.91 Å². The maximum Gasteiger partial charge on any atom is 0.330 e. The normalized spacial score (nSPS) is 15.7. The van der Waals surface area contributed by atoms with E-state index in [0.29, 0.717) is 26.0 Å². The molecule has 0 atom stereocenters. The molecule has 1 aliphatic heterocycles. The van der Waals surface area contributed by atoms with Gasteiger partial charge in [-0.25, -0.2) is 4.79 Å². The van der Waals surface area contributed by atoms with E-state index in [1.54, 1.807) is 0 Å². The van der Waals surface area contributed by atoms with Gasteiger partial charge < -0.3 is 9.64 Å². The minimum atomic E-state index is -0.405. The molecule has 0 aromatic carbocycles. The van der Waals surface area contributed by atoms with Crippen molar-refractivity contribution in [3.05, 3.63) is 12.7 Å². The summed E-state index contributed by atoms with van der Waals surface area (Å²) >= 11 is 0. The van der Waals surface area contributed by atoms with Gasteiger partial charge in [0, 0.05) is 25.6 Å². The van der Waals surface area contributed by atoms with Crippen molar-refractivity contribution in [2.24, 2.45) is 0 Å². The van der Waals surface area contributed by atoms with Crippen molar-refractivity contribution in [2.45, 2.75) is 19.3 Å². The molecule has 4 nitrogen and oxygen atoms in total. The molecule has 4 heteroatoms. The van der Waals surface area contributed by atoms with Gasteiger partial charge >= 0.3 is 5.97 Å². The Labute approximate surface area is 83.5 Å². The smallest absolute Gasteiger partial charge is 0.330 e. The van der Waals surface area contributed by atoms with Crippen LogP contribution in [-0.2, 0) is 14.3 Å². The highest BCUT2D eigenvalue weighted by atomic mass is 16.5. The van der Waals surface area contributed by atoms with Crippen molar-refractivity contribution >= 4 is 11.9 Å². The molecule has 1 fully saturated rings. The quantitative estimate of drug-likeness (QED) is 0.371. The molecule has 0 radical (unpaired) electrons. The van der Waals surface area contributed by atoms with Gasteiger partial charge in [-0.1, -0.05) is 6.58 Å². The molecule has 0 N–H and O–H groups in total. The number of rotatable bonds is 5. The third kappa shape index (κ3) is 3.20. The molecular weight excluding hydrogens is 182 g/mol. The molecule has 1 heterocycles. The van der Waals surface area contributed by atoms with Gasteiger partial charge in [-0.05, 0) is 12.8 Å². The summed E-state index contributed by atoms with van der Waals surface area (Å²) in [4.78, 5) is 23.6. The monoisotopic (exact) mass is 197 g/mol. The van der Waals surface area contributed by atoms with Crippen molar-refractivity contribution in [1.29, 1.82) is 0 Å². The van der Waals surface area contributed by atoms with Crippen molar-refractivity contribution in [3.63, 3.8) is 0 Å². The Kier molecular flexibility index (Phi) is 4.16. The molecule has 0 saturated carbocycles. The molecule has 0 bridgehead atoms. The van der Waals surface area contributed by atoms with Crippen LogP contribution in [0.15, 0.2) is 12.7 Å². The average molecular weight is 197 g/mol. The largest absolute Gasteiger partial charge is 0.462 e. The maximum absolute atomic E-state index is 11.2. The predicted molar refractivity (Wildman–Crippen MR) is 51.6 cm³/mol. The zero-order valence-corrected chi connectivity index (χ0v) is 8.20. The van der Waals surface area contributed by atoms with Gasteiger partial charge in [0.1, 0.15) is 0 Å². The van der Waals surface area contributed by atoms with Gasteiger partial charge in [0.05, 0.1) is 6.61 Å². The summed E-state index contributed by atoms with van der Waals surface area (Å²) in [6, 6.07) is 0. The Balaban J connectivity index is 2.06. The molecule has 1 rings (SSSR count). The van der Waals surface area contributed by atoms with Crippen LogP contribution in [0, 0.1) is 0 Å². The third-order valence-corrected chi connectivity index (χ3v) is 2.15. The van der Waals surface area contributed by atoms with Gasteiger partial charge in [0.25, 0.3) is 0 Å². The summed E-state index contributed by atoms with van der Waals surface area (Å²) in [6.07, 6.45) is 3.45. The molecule has 0 aromatic rings. The molecule has 1 amide bonds. The second-order valence-electron chi connectivity index (χ2n) is 3.21. The van der Waals surface area contributed by atoms with Crippen LogP contribution in [0.1, 0.15) is 19.3 Å². The Morgan fingerprint density at radius 2 is 2.43 bits per heavy atom. The molecule has 14 heavy (non-hydrogen) atoms. The molecular formula is C10H15NO3. The number of carbonyl (C=O) groups excluding carboxylic acids is 2. The van der Waals surface area contributed by atoms with Gasteiger partial charge in [-0.2, -0.15) is 0 Å². The number of hydrogen-bond acceptors (Lipinski definition) is 3. The fraction of sp³-hybridized carbons (Fsp3) is 0.600. The minimum absolute atomic E-state index is 0.208. The topological polar surface area (TPSA) is 46.6 Å². The average Bonchev–Trinajstić information content (AvgIpc) is 2.58. The second kappa shape index (κ2) is 5.42. The van der Waals surface area contributed by atoms with Gasteiger partial charge in [0.15, 0.2) is 0 Å². The number of nitrogens with zero attached hydrogens (tertiary/aromatic N) is 1. The van der Waals surface area contributed by atoms with Crippen LogP contribution < -0.4 is 0 Å². The second-order valence-corrected chi connectivity index (χ2v) is 3.21. The first kappa shape index (κ1) is 10.8. The molecule has 0 unspecified atom stereocenters. The Bertz CT molecular complexity index is 238. The summed E-state index contributed by atoms with van der Waals surface area (Å²) in [5.41, 5.74) is 0. The van der Waals surface area contributed by atoms with E-state index in [9.17, 15) is 9.59 Å². The van der Waals surface area contributed by atoms with Crippen LogP contribution >= 0.6 is 0 Å². The van der Waals surface area contributed by atoms with E-state index in [1.165, 1.54) is 0 Å². The van der Waals surface area contributed by atoms with E-state index in [1.807, 2.05) is 4.90 Å². The lowest BCUT2D eigenvalue weighted by molar-refractivity contribution is -0.137. The van der Waals surface area contributed by atoms with Crippen molar-refractivity contribution in [3.8, 4) is 0 Å². The number of esters is 1. The predicted octanol–water partition coefficient (Wildman–Crippen LogP) is 0.728. The highest BCUT2D eigenvalue weighted by Crippen LogP contribution is 2.09. The number of likely N-dealkylation sites (tertiary alicyclic amines) is 1. The molecule has 1 aliphatic rings. The Morgan fingerprint density at radius 3 is 3.00 bits per heavy atom. The molecule has 0 aromatic heterocycles. The summed E-state index contributed by atoms with van der Waals surface area (Å²) in [6.45, 7) is 5.17. The van der Waals surface area contributed by atoms with Crippen molar-refractivity contribution in [1.82, 2.24) is 4.90 Å². The zero-order chi connectivity index (χ0) is 10.4. The molecule has 0 spiro atoms. The van der Waals surface area contributed by atoms with Crippen LogP contribution in [0.5, 0.6) is 0 Å². The lowest BCUT2D eigenvalue weighted by Crippen LogP contribution is -2.26. The first-order valence-corrected chi connectivity index (χ1v) is 4.81. The molecule has 1 saturated heterocycles. The number of ether oxygens (including phenoxy) is 1. The first-order valence-electron chi connectivity index (χ1n) is 4.81. The summed E-state index contributed by atoms with van der Waals surface area (Å²) in [7, 11) is 0. The number of carbonyl (C=O) groups is 2. The Hall–Kier alpha value is -1.32. The fourth-order valence-electron chi connectivity index (χ4n) is 1.43. The minimum Gasteiger partial charge on any atom is -0.462 e. The van der Waals surface area contributed by atoms with E-state index in [2.05, 4.69) is 6.58 Å². The molecule has 78 valence electrons. The lowest BCUT2D eigenvalue weighted by atomic mass is 10.4. The van der Waals surface area contributed by atoms with Crippen LogP contribution in [-0.4, -0.2) is 36.5 Å². The van der Waals surface area contributed by atoms with E-state index in [4.69, 9.17) is 4.74 Å². The number of hydrogen-bond donors (Lipinski definition) is 0. The van der Waals surface area contributed by atoms with E-state index in [0.717, 1.165) is 19.0 Å². The fourth-order valence-corrected chi connectivity index (χ4v) is 1.43. The van der Waals surface area contributed by atoms with Gasteiger partial charge in [-0.15, -0.1) is 0 Å². The molecule has 0 aliphatic carbocycles. The van der Waals surface area contributed by atoms with Gasteiger partial charge in [-0.3, -0.25) is 4.79 Å². The van der Waals surface area contributed by atoms with E-state index >= 15 is 0 Å². The standard InChI is InChI=1S/C10H15NO3/c1-2-10(13)14-8-4-7-11-6-3-5-9(11)12/h2H,1,3-8H2. The van der Waals surface area contributed by atoms with Crippen LogP contribution in [0.3, 0.4) is 0 Å². The Morgan fingerprint density at radius 1 is 1.64 bits per heavy atom. The van der Waals surface area contributed by atoms with Crippen molar-refractivity contribution in [2.75, 3.05) is 19.7 Å². The van der Waals surface area contributed by atoms with E-state index < -0.39 is 5.97 Å². The summed E-state index contributed by atoms with van der Waals surface area (Å²) < 4.78 is 4.79. The van der Waals surface area contributed by atoms with Crippen LogP contribution in [0.25, 0.3) is 0 Å². The SMILES string of the molecule is C=CC(=O)OCCCN1CCCC1=O. The summed E-state index contributed by atoms with van der Waals surface area (Å²) in [5, 5.41) is 0. The first-order chi connectivity index (χ1) is 6.74. The van der Waals surface area contributed by atoms with Crippen LogP contribution in [0.2, 0.25) is 0 Å². The lowest BCUT2D eigenvalue weighted by Gasteiger charge is -2.14. The third-order valence-electron chi connectivity index (χ3n) is 2.15. The van der Waals surface area contributed by atoms with Crippen molar-refractivity contribution < 1.29 is 14.3 Å². The number of amides is 1. The zero-order valence-electron chi connectivity index (χ0n) is 8.20. The maximum atomic E-state index is 11.2. The van der Waals surface area contributed by atoms with Crippen LogP contribution in [0.4, 0.5) is 0 Å². The highest BCUT2D eigenvalue weighted by molar-refractivity contribution is 5.81.